The molecule has 5 rings (SSSR count). The third-order valence-electron chi connectivity index (χ3n) is 5.62. The second-order valence-corrected chi connectivity index (χ2v) is 8.86. The quantitative estimate of drug-likeness (QED) is 0.263. The molecule has 0 saturated carbocycles. The zero-order chi connectivity index (χ0) is 23.3. The van der Waals surface area contributed by atoms with Gasteiger partial charge in [-0.15, -0.1) is 0 Å². The van der Waals surface area contributed by atoms with Crippen LogP contribution in [0, 0.1) is 19.7 Å². The van der Waals surface area contributed by atoms with Crippen molar-refractivity contribution in [2.75, 3.05) is 4.90 Å². The summed E-state index contributed by atoms with van der Waals surface area (Å²) in [7, 11) is 0. The van der Waals surface area contributed by atoms with Gasteiger partial charge in [0.25, 0.3) is 5.78 Å². The van der Waals surface area contributed by atoms with Crippen LogP contribution >= 0.6 is 11.3 Å². The van der Waals surface area contributed by atoms with E-state index in [1.807, 2.05) is 26.0 Å². The molecule has 0 radical (unpaired) electrons. The van der Waals surface area contributed by atoms with E-state index in [9.17, 15) is 19.1 Å². The molecule has 4 aromatic rings. The van der Waals surface area contributed by atoms with E-state index >= 15 is 0 Å². The zero-order valence-electron chi connectivity index (χ0n) is 17.7. The maximum Gasteiger partial charge on any atom is 0.301 e. The van der Waals surface area contributed by atoms with Gasteiger partial charge in [0.2, 0.25) is 0 Å². The highest BCUT2D eigenvalue weighted by atomic mass is 32.1. The Kier molecular flexibility index (Phi) is 5.02. The van der Waals surface area contributed by atoms with Crippen LogP contribution in [0.3, 0.4) is 0 Å². The molecule has 3 heterocycles. The maximum atomic E-state index is 15.0. The number of anilines is 1. The van der Waals surface area contributed by atoms with E-state index in [4.69, 9.17) is 0 Å². The van der Waals surface area contributed by atoms with E-state index in [0.29, 0.717) is 11.1 Å². The number of aliphatic hydroxyl groups excluding tert-OH is 1. The van der Waals surface area contributed by atoms with Gasteiger partial charge in [0, 0.05) is 23.5 Å². The van der Waals surface area contributed by atoms with Crippen molar-refractivity contribution >= 4 is 44.1 Å². The van der Waals surface area contributed by atoms with Crippen LogP contribution in [0.15, 0.2) is 66.5 Å². The van der Waals surface area contributed by atoms with Crippen LogP contribution in [0.25, 0.3) is 16.0 Å². The molecular formula is C25H18FN3O3S. The van der Waals surface area contributed by atoms with E-state index in [0.717, 1.165) is 15.8 Å². The summed E-state index contributed by atoms with van der Waals surface area (Å²) in [6.45, 7) is 3.89. The second-order valence-electron chi connectivity index (χ2n) is 7.85. The molecule has 0 aliphatic carbocycles. The molecule has 0 bridgehead atoms. The summed E-state index contributed by atoms with van der Waals surface area (Å²) in [6, 6.07) is 11.7. The first-order valence-electron chi connectivity index (χ1n) is 10.2. The Morgan fingerprint density at radius 3 is 2.55 bits per heavy atom. The van der Waals surface area contributed by atoms with Crippen molar-refractivity contribution in [3.63, 3.8) is 0 Å². The van der Waals surface area contributed by atoms with E-state index in [-0.39, 0.29) is 22.0 Å². The van der Waals surface area contributed by atoms with Gasteiger partial charge in [0.05, 0.1) is 15.8 Å². The number of benzene rings is 2. The van der Waals surface area contributed by atoms with Crippen LogP contribution < -0.4 is 4.90 Å². The predicted molar refractivity (Wildman–Crippen MR) is 125 cm³/mol. The summed E-state index contributed by atoms with van der Waals surface area (Å²) in [4.78, 5) is 36.1. The van der Waals surface area contributed by atoms with Crippen molar-refractivity contribution in [3.8, 4) is 0 Å². The fourth-order valence-corrected chi connectivity index (χ4v) is 5.32. The number of carbonyl (C=O) groups is 2. The number of halogens is 1. The number of thiazole rings is 1. The lowest BCUT2D eigenvalue weighted by Gasteiger charge is -2.23. The zero-order valence-corrected chi connectivity index (χ0v) is 18.6. The van der Waals surface area contributed by atoms with Crippen LogP contribution in [0.4, 0.5) is 9.52 Å². The number of Topliss-reactive ketones (excluding diaryl/α,β-unsaturated/α-hetero) is 1. The third kappa shape index (κ3) is 3.39. The summed E-state index contributed by atoms with van der Waals surface area (Å²) < 4.78 is 15.8. The van der Waals surface area contributed by atoms with Gasteiger partial charge in [-0.05, 0) is 49.2 Å². The molecule has 164 valence electrons. The number of aryl methyl sites for hydroxylation is 2. The molecule has 2 aromatic carbocycles. The number of hydrogen-bond acceptors (Lipinski definition) is 6. The monoisotopic (exact) mass is 459 g/mol. The van der Waals surface area contributed by atoms with Gasteiger partial charge in [-0.25, -0.2) is 9.37 Å². The van der Waals surface area contributed by atoms with Gasteiger partial charge in [-0.3, -0.25) is 19.5 Å². The molecule has 1 saturated heterocycles. The Morgan fingerprint density at radius 2 is 1.82 bits per heavy atom. The lowest BCUT2D eigenvalue weighted by molar-refractivity contribution is -0.132. The second kappa shape index (κ2) is 7.90. The summed E-state index contributed by atoms with van der Waals surface area (Å²) in [5, 5.41) is 11.3. The summed E-state index contributed by atoms with van der Waals surface area (Å²) >= 11 is 1.25. The number of aromatic nitrogens is 2. The minimum atomic E-state index is -1.17. The first-order valence-corrected chi connectivity index (χ1v) is 11.0. The van der Waals surface area contributed by atoms with Crippen molar-refractivity contribution < 1.29 is 19.1 Å². The van der Waals surface area contributed by atoms with Gasteiger partial charge in [-0.2, -0.15) is 0 Å². The van der Waals surface area contributed by atoms with Crippen LogP contribution in [0.5, 0.6) is 0 Å². The minimum absolute atomic E-state index is 0.0967. The number of amides is 1. The summed E-state index contributed by atoms with van der Waals surface area (Å²) in [5.41, 5.74) is 2.90. The molecular weight excluding hydrogens is 441 g/mol. The highest BCUT2D eigenvalue weighted by Crippen LogP contribution is 2.45. The standard InChI is InChI=1S/C25H18FN3O3S/c1-13-11-14(2)20-18(12-13)33-25(28-20)29-21(16-5-3-4-6-17(16)26)19(23(31)24(29)32)22(30)15-7-9-27-10-8-15/h3-12,21,30H,1-2H3/b22-19+. The van der Waals surface area contributed by atoms with Gasteiger partial charge >= 0.3 is 5.91 Å². The number of carbonyl (C=O) groups excluding carboxylic acids is 2. The van der Waals surface area contributed by atoms with E-state index in [1.54, 1.807) is 6.07 Å². The molecule has 6 nitrogen and oxygen atoms in total. The van der Waals surface area contributed by atoms with Crippen LogP contribution in [0.2, 0.25) is 0 Å². The highest BCUT2D eigenvalue weighted by Gasteiger charge is 2.49. The first kappa shape index (κ1) is 21.0. The molecule has 2 aromatic heterocycles. The lowest BCUT2D eigenvalue weighted by Crippen LogP contribution is -2.29. The number of aliphatic hydroxyl groups is 1. The smallest absolute Gasteiger partial charge is 0.301 e. The molecule has 1 aliphatic rings. The Morgan fingerprint density at radius 1 is 1.09 bits per heavy atom. The topological polar surface area (TPSA) is 83.4 Å². The number of ketones is 1. The maximum absolute atomic E-state index is 15.0. The number of hydrogen-bond donors (Lipinski definition) is 1. The van der Waals surface area contributed by atoms with Crippen molar-refractivity contribution in [3.05, 3.63) is 94.6 Å². The van der Waals surface area contributed by atoms with Crippen LogP contribution in [-0.4, -0.2) is 26.8 Å². The molecule has 1 atom stereocenters. The van der Waals surface area contributed by atoms with Crippen molar-refractivity contribution in [2.45, 2.75) is 19.9 Å². The van der Waals surface area contributed by atoms with Crippen LogP contribution in [-0.2, 0) is 9.59 Å². The fraction of sp³-hybridized carbons (Fsp3) is 0.120. The number of rotatable bonds is 3. The van der Waals surface area contributed by atoms with Gasteiger partial charge in [0.1, 0.15) is 17.6 Å². The van der Waals surface area contributed by atoms with Crippen molar-refractivity contribution in [1.82, 2.24) is 9.97 Å². The minimum Gasteiger partial charge on any atom is -0.507 e. The Bertz CT molecular complexity index is 1460. The Balaban J connectivity index is 1.77. The van der Waals surface area contributed by atoms with E-state index < -0.39 is 23.5 Å². The molecule has 1 aliphatic heterocycles. The lowest BCUT2D eigenvalue weighted by atomic mass is 9.95. The first-order chi connectivity index (χ1) is 15.9. The van der Waals surface area contributed by atoms with Crippen molar-refractivity contribution in [1.29, 1.82) is 0 Å². The summed E-state index contributed by atoms with van der Waals surface area (Å²) in [5.74, 6) is -2.75. The van der Waals surface area contributed by atoms with Gasteiger partial charge < -0.3 is 5.11 Å². The molecule has 1 amide bonds. The third-order valence-corrected chi connectivity index (χ3v) is 6.62. The Labute approximate surface area is 192 Å². The fourth-order valence-electron chi connectivity index (χ4n) is 4.15. The Hall–Kier alpha value is -3.91. The molecule has 33 heavy (non-hydrogen) atoms. The van der Waals surface area contributed by atoms with Crippen LogP contribution in [0.1, 0.15) is 28.3 Å². The predicted octanol–water partition coefficient (Wildman–Crippen LogP) is 5.07. The van der Waals surface area contributed by atoms with E-state index in [2.05, 4.69) is 9.97 Å². The SMILES string of the molecule is Cc1cc(C)c2nc(N3C(=O)C(=O)/C(=C(/O)c4ccncc4)C3c3ccccc3F)sc2c1. The number of fused-ring (bicyclic) bond motifs is 1. The number of nitrogens with zero attached hydrogens (tertiary/aromatic N) is 3. The molecule has 8 heteroatoms. The average molecular weight is 460 g/mol. The number of pyridine rings is 1. The van der Waals surface area contributed by atoms with Gasteiger partial charge in [-0.1, -0.05) is 35.6 Å². The van der Waals surface area contributed by atoms with Crippen molar-refractivity contribution in [2.24, 2.45) is 0 Å². The molecule has 1 N–H and O–H groups in total. The molecule has 1 fully saturated rings. The molecule has 1 unspecified atom stereocenters. The molecule has 0 spiro atoms. The largest absolute Gasteiger partial charge is 0.507 e. The van der Waals surface area contributed by atoms with Gasteiger partial charge in [0.15, 0.2) is 5.13 Å². The van der Waals surface area contributed by atoms with E-state index in [1.165, 1.54) is 59.0 Å². The average Bonchev–Trinajstić information content (AvgIpc) is 3.33. The normalized spacial score (nSPS) is 17.8. The summed E-state index contributed by atoms with van der Waals surface area (Å²) in [6.07, 6.45) is 2.92. The highest BCUT2D eigenvalue weighted by molar-refractivity contribution is 7.22.